The molecule has 1 aliphatic carbocycles. The second-order valence-electron chi connectivity index (χ2n) is 4.60. The molecule has 1 fully saturated rings. The third-order valence-corrected chi connectivity index (χ3v) is 3.04. The minimum Gasteiger partial charge on any atom is -0.497 e. The normalized spacial score (nSPS) is 15.4. The van der Waals surface area contributed by atoms with Crippen LogP contribution in [0.15, 0.2) is 24.3 Å². The maximum absolute atomic E-state index is 11.8. The number of carbonyl (C=O) groups excluding carboxylic acids is 1. The van der Waals surface area contributed by atoms with E-state index in [9.17, 15) is 4.79 Å². The third-order valence-electron chi connectivity index (χ3n) is 3.04. The van der Waals surface area contributed by atoms with E-state index in [0.717, 1.165) is 12.8 Å². The molecule has 2 rings (SSSR count). The lowest BCUT2D eigenvalue weighted by molar-refractivity contribution is 0.250. The lowest BCUT2D eigenvalue weighted by Gasteiger charge is -2.17. The van der Waals surface area contributed by atoms with Crippen molar-refractivity contribution in [1.82, 2.24) is 5.32 Å². The van der Waals surface area contributed by atoms with Crippen molar-refractivity contribution in [2.75, 3.05) is 12.4 Å². The van der Waals surface area contributed by atoms with E-state index in [1.165, 1.54) is 0 Å². The predicted molar refractivity (Wildman–Crippen MR) is 73.6 cm³/mol. The van der Waals surface area contributed by atoms with Crippen LogP contribution in [-0.4, -0.2) is 25.0 Å². The molecule has 0 aromatic heterocycles. The number of rotatable bonds is 5. The molecular formula is C13H18N4O2. The molecule has 0 radical (unpaired) electrons. The first kappa shape index (κ1) is 13.2. The first-order chi connectivity index (χ1) is 9.10. The van der Waals surface area contributed by atoms with E-state index < -0.39 is 0 Å². The Morgan fingerprint density at radius 1 is 1.53 bits per heavy atom. The summed E-state index contributed by atoms with van der Waals surface area (Å²) < 4.78 is 5.08. The van der Waals surface area contributed by atoms with Crippen LogP contribution >= 0.6 is 0 Å². The molecule has 2 amide bonds. The summed E-state index contributed by atoms with van der Waals surface area (Å²) in [6.45, 7) is 0. The summed E-state index contributed by atoms with van der Waals surface area (Å²) in [7, 11) is 1.57. The number of ether oxygens (including phenoxy) is 1. The zero-order valence-electron chi connectivity index (χ0n) is 10.8. The number of nitrogens with one attached hydrogen (secondary N) is 3. The first-order valence-electron chi connectivity index (χ1n) is 6.15. The molecule has 0 saturated heterocycles. The van der Waals surface area contributed by atoms with E-state index in [1.807, 2.05) is 0 Å². The molecule has 1 unspecified atom stereocenters. The molecule has 0 heterocycles. The number of hydrogen-bond donors (Lipinski definition) is 4. The fourth-order valence-corrected chi connectivity index (χ4v) is 1.89. The van der Waals surface area contributed by atoms with Gasteiger partial charge in [0.05, 0.1) is 13.2 Å². The summed E-state index contributed by atoms with van der Waals surface area (Å²) >= 11 is 0. The molecule has 1 aromatic carbocycles. The van der Waals surface area contributed by atoms with Crippen LogP contribution in [0, 0.1) is 11.3 Å². The maximum atomic E-state index is 11.8. The van der Waals surface area contributed by atoms with Crippen molar-refractivity contribution in [1.29, 1.82) is 5.41 Å². The third kappa shape index (κ3) is 3.61. The molecule has 0 spiro atoms. The molecular weight excluding hydrogens is 244 g/mol. The van der Waals surface area contributed by atoms with Gasteiger partial charge < -0.3 is 21.1 Å². The number of amidine groups is 1. The van der Waals surface area contributed by atoms with Gasteiger partial charge in [0.2, 0.25) is 0 Å². The molecule has 1 saturated carbocycles. The Morgan fingerprint density at radius 2 is 2.26 bits per heavy atom. The number of nitrogens with two attached hydrogens (primary N) is 1. The predicted octanol–water partition coefficient (Wildman–Crippen LogP) is 1.53. The molecule has 6 nitrogen and oxygen atoms in total. The number of methoxy groups -OCH3 is 1. The van der Waals surface area contributed by atoms with Crippen LogP contribution in [0.25, 0.3) is 0 Å². The Labute approximate surface area is 111 Å². The van der Waals surface area contributed by atoms with Crippen molar-refractivity contribution in [2.45, 2.75) is 18.9 Å². The van der Waals surface area contributed by atoms with Crippen molar-refractivity contribution in [3.8, 4) is 5.75 Å². The van der Waals surface area contributed by atoms with Crippen molar-refractivity contribution in [3.05, 3.63) is 24.3 Å². The number of anilines is 1. The van der Waals surface area contributed by atoms with Crippen LogP contribution in [0.5, 0.6) is 5.75 Å². The number of hydrogen-bond acceptors (Lipinski definition) is 3. The topological polar surface area (TPSA) is 100 Å². The molecule has 1 aliphatic rings. The van der Waals surface area contributed by atoms with E-state index in [-0.39, 0.29) is 17.9 Å². The maximum Gasteiger partial charge on any atom is 0.319 e. The minimum atomic E-state index is -0.370. The number of urea groups is 1. The zero-order chi connectivity index (χ0) is 13.8. The SMILES string of the molecule is COc1cccc(NC(=O)NC(C(=N)N)C2CC2)c1. The summed E-state index contributed by atoms with van der Waals surface area (Å²) in [5, 5.41) is 12.9. The van der Waals surface area contributed by atoms with E-state index >= 15 is 0 Å². The molecule has 102 valence electrons. The van der Waals surface area contributed by atoms with Crippen molar-refractivity contribution < 1.29 is 9.53 Å². The Morgan fingerprint density at radius 3 is 2.84 bits per heavy atom. The van der Waals surface area contributed by atoms with Gasteiger partial charge in [-0.15, -0.1) is 0 Å². The molecule has 0 bridgehead atoms. The van der Waals surface area contributed by atoms with Gasteiger partial charge in [-0.2, -0.15) is 0 Å². The van der Waals surface area contributed by atoms with Crippen LogP contribution < -0.4 is 21.1 Å². The standard InChI is InChI=1S/C13H18N4O2/c1-19-10-4-2-3-9(7-10)16-13(18)17-11(12(14)15)8-5-6-8/h2-4,7-8,11H,5-6H2,1H3,(H3,14,15)(H2,16,17,18). The van der Waals surface area contributed by atoms with Gasteiger partial charge in [0.25, 0.3) is 0 Å². The van der Waals surface area contributed by atoms with Gasteiger partial charge in [-0.1, -0.05) is 6.07 Å². The average Bonchev–Trinajstić information content (AvgIpc) is 3.20. The van der Waals surface area contributed by atoms with Crippen molar-refractivity contribution in [3.63, 3.8) is 0 Å². The van der Waals surface area contributed by atoms with Crippen LogP contribution in [0.4, 0.5) is 10.5 Å². The van der Waals surface area contributed by atoms with E-state index in [2.05, 4.69) is 10.6 Å². The molecule has 0 aliphatic heterocycles. The first-order valence-corrected chi connectivity index (χ1v) is 6.15. The van der Waals surface area contributed by atoms with Crippen LogP contribution in [0.2, 0.25) is 0 Å². The Kier molecular flexibility index (Phi) is 3.89. The fourth-order valence-electron chi connectivity index (χ4n) is 1.89. The van der Waals surface area contributed by atoms with Gasteiger partial charge >= 0.3 is 6.03 Å². The molecule has 1 atom stereocenters. The highest BCUT2D eigenvalue weighted by Gasteiger charge is 2.34. The summed E-state index contributed by atoms with van der Waals surface area (Å²) in [6.07, 6.45) is 2.01. The van der Waals surface area contributed by atoms with Crippen molar-refractivity contribution >= 4 is 17.6 Å². The average molecular weight is 262 g/mol. The molecule has 19 heavy (non-hydrogen) atoms. The monoisotopic (exact) mass is 262 g/mol. The minimum absolute atomic E-state index is 0.00305. The van der Waals surface area contributed by atoms with Gasteiger partial charge in [-0.05, 0) is 30.9 Å². The van der Waals surface area contributed by atoms with Crippen molar-refractivity contribution in [2.24, 2.45) is 11.7 Å². The van der Waals surface area contributed by atoms with Crippen LogP contribution in [0.1, 0.15) is 12.8 Å². The highest BCUT2D eigenvalue weighted by Crippen LogP contribution is 2.32. The summed E-state index contributed by atoms with van der Waals surface area (Å²) in [6, 6.07) is 6.34. The quantitative estimate of drug-likeness (QED) is 0.478. The number of amides is 2. The van der Waals surface area contributed by atoms with Crippen LogP contribution in [0.3, 0.4) is 0 Å². The Hall–Kier alpha value is -2.24. The second kappa shape index (κ2) is 5.60. The summed E-state index contributed by atoms with van der Waals surface area (Å²) in [5.74, 6) is 0.972. The van der Waals surface area contributed by atoms with Gasteiger partial charge in [0.1, 0.15) is 11.6 Å². The molecule has 5 N–H and O–H groups in total. The summed E-state index contributed by atoms with van der Waals surface area (Å²) in [5.41, 5.74) is 6.12. The Balaban J connectivity index is 1.94. The summed E-state index contributed by atoms with van der Waals surface area (Å²) in [4.78, 5) is 11.8. The second-order valence-corrected chi connectivity index (χ2v) is 4.60. The fraction of sp³-hybridized carbons (Fsp3) is 0.385. The Bertz CT molecular complexity index is 485. The largest absolute Gasteiger partial charge is 0.497 e. The molecule has 6 heteroatoms. The van der Waals surface area contributed by atoms with Gasteiger partial charge in [-0.25, -0.2) is 4.79 Å². The smallest absolute Gasteiger partial charge is 0.319 e. The lowest BCUT2D eigenvalue weighted by Crippen LogP contribution is -2.47. The van der Waals surface area contributed by atoms with Gasteiger partial charge in [0.15, 0.2) is 0 Å². The van der Waals surface area contributed by atoms with Gasteiger partial charge in [0, 0.05) is 11.8 Å². The van der Waals surface area contributed by atoms with Gasteiger partial charge in [-0.3, -0.25) is 5.41 Å². The molecule has 1 aromatic rings. The zero-order valence-corrected chi connectivity index (χ0v) is 10.8. The highest BCUT2D eigenvalue weighted by molar-refractivity contribution is 5.94. The number of carbonyl (C=O) groups is 1. The number of benzene rings is 1. The van der Waals surface area contributed by atoms with E-state index in [0.29, 0.717) is 17.4 Å². The van der Waals surface area contributed by atoms with Crippen LogP contribution in [-0.2, 0) is 0 Å². The van der Waals surface area contributed by atoms with E-state index in [4.69, 9.17) is 15.9 Å². The highest BCUT2D eigenvalue weighted by atomic mass is 16.5. The van der Waals surface area contributed by atoms with E-state index in [1.54, 1.807) is 31.4 Å². The lowest BCUT2D eigenvalue weighted by atomic mass is 10.2.